The summed E-state index contributed by atoms with van der Waals surface area (Å²) in [4.78, 5) is 13.9. The average molecular weight is 332 g/mol. The Morgan fingerprint density at radius 1 is 1.12 bits per heavy atom. The van der Waals surface area contributed by atoms with Crippen molar-refractivity contribution in [2.75, 3.05) is 24.3 Å². The minimum atomic E-state index is 0.128. The minimum Gasteiger partial charge on any atom is -0.378 e. The second-order valence-electron chi connectivity index (χ2n) is 7.32. The largest absolute Gasteiger partial charge is 0.378 e. The molecule has 0 spiro atoms. The SMILES string of the molecule is CC(=O)c1ccc2c(c1)C1C=CCC1C(c1ccc(N(C)C)cc1)N2. The summed E-state index contributed by atoms with van der Waals surface area (Å²) in [6, 6.07) is 15.2. The summed E-state index contributed by atoms with van der Waals surface area (Å²) in [7, 11) is 4.13. The maximum Gasteiger partial charge on any atom is 0.159 e. The highest BCUT2D eigenvalue weighted by Gasteiger charge is 2.38. The molecule has 2 aromatic rings. The summed E-state index contributed by atoms with van der Waals surface area (Å²) in [5, 5.41) is 3.73. The second kappa shape index (κ2) is 6.07. The fraction of sp³-hybridized carbons (Fsp3) is 0.318. The number of allylic oxidation sites excluding steroid dienone is 2. The third-order valence-electron chi connectivity index (χ3n) is 5.54. The van der Waals surface area contributed by atoms with Crippen LogP contribution in [-0.2, 0) is 0 Å². The molecule has 2 aromatic carbocycles. The first kappa shape index (κ1) is 15.9. The highest BCUT2D eigenvalue weighted by molar-refractivity contribution is 5.95. The van der Waals surface area contributed by atoms with E-state index >= 15 is 0 Å². The molecule has 0 bridgehead atoms. The van der Waals surface area contributed by atoms with E-state index in [0.717, 1.165) is 17.7 Å². The molecule has 1 N–H and O–H groups in total. The standard InChI is InChI=1S/C22H24N2O/c1-14(25)16-9-12-21-20(13-16)18-5-4-6-19(18)22(23-21)15-7-10-17(11-8-15)24(2)3/h4-5,7-13,18-19,22-23H,6H2,1-3H3. The van der Waals surface area contributed by atoms with Crippen molar-refractivity contribution < 1.29 is 4.79 Å². The Hall–Kier alpha value is -2.55. The minimum absolute atomic E-state index is 0.128. The van der Waals surface area contributed by atoms with Crippen LogP contribution in [0.25, 0.3) is 0 Å². The molecule has 2 aliphatic rings. The van der Waals surface area contributed by atoms with Crippen LogP contribution in [0.15, 0.2) is 54.6 Å². The smallest absolute Gasteiger partial charge is 0.159 e. The van der Waals surface area contributed by atoms with Crippen molar-refractivity contribution in [3.63, 3.8) is 0 Å². The van der Waals surface area contributed by atoms with Gasteiger partial charge >= 0.3 is 0 Å². The predicted molar refractivity (Wildman–Crippen MR) is 104 cm³/mol. The Bertz CT molecular complexity index is 836. The van der Waals surface area contributed by atoms with Crippen LogP contribution in [0.4, 0.5) is 11.4 Å². The van der Waals surface area contributed by atoms with E-state index in [1.54, 1.807) is 6.92 Å². The summed E-state index contributed by atoms with van der Waals surface area (Å²) < 4.78 is 0. The molecule has 3 heteroatoms. The van der Waals surface area contributed by atoms with Crippen LogP contribution >= 0.6 is 0 Å². The lowest BCUT2D eigenvalue weighted by atomic mass is 9.76. The van der Waals surface area contributed by atoms with Crippen LogP contribution < -0.4 is 10.2 Å². The van der Waals surface area contributed by atoms with Crippen LogP contribution in [0.2, 0.25) is 0 Å². The van der Waals surface area contributed by atoms with Gasteiger partial charge in [-0.2, -0.15) is 0 Å². The van der Waals surface area contributed by atoms with Gasteiger partial charge in [-0.05, 0) is 60.7 Å². The van der Waals surface area contributed by atoms with Gasteiger partial charge in [0.05, 0.1) is 6.04 Å². The fourth-order valence-corrected chi connectivity index (χ4v) is 4.12. The molecule has 3 unspecified atom stereocenters. The zero-order chi connectivity index (χ0) is 17.6. The van der Waals surface area contributed by atoms with Gasteiger partial charge in [0.1, 0.15) is 0 Å². The van der Waals surface area contributed by atoms with Crippen molar-refractivity contribution in [2.45, 2.75) is 25.3 Å². The number of rotatable bonds is 3. The monoisotopic (exact) mass is 332 g/mol. The number of benzene rings is 2. The third-order valence-corrected chi connectivity index (χ3v) is 5.54. The first-order chi connectivity index (χ1) is 12.0. The number of ketones is 1. The lowest BCUT2D eigenvalue weighted by Crippen LogP contribution is -2.29. The van der Waals surface area contributed by atoms with Gasteiger partial charge < -0.3 is 10.2 Å². The summed E-state index contributed by atoms with van der Waals surface area (Å²) >= 11 is 0. The molecular weight excluding hydrogens is 308 g/mol. The summed E-state index contributed by atoms with van der Waals surface area (Å²) in [5.41, 5.74) is 5.75. The maximum atomic E-state index is 11.8. The van der Waals surface area contributed by atoms with E-state index < -0.39 is 0 Å². The molecule has 25 heavy (non-hydrogen) atoms. The Kier molecular flexibility index (Phi) is 3.87. The number of fused-ring (bicyclic) bond motifs is 3. The second-order valence-corrected chi connectivity index (χ2v) is 7.32. The van der Waals surface area contributed by atoms with E-state index in [0.29, 0.717) is 17.9 Å². The van der Waals surface area contributed by atoms with Crippen molar-refractivity contribution in [1.82, 2.24) is 0 Å². The Balaban J connectivity index is 1.71. The molecule has 1 aliphatic heterocycles. The van der Waals surface area contributed by atoms with Gasteiger partial charge in [0.25, 0.3) is 0 Å². The molecule has 1 heterocycles. The Labute approximate surface area is 149 Å². The van der Waals surface area contributed by atoms with Gasteiger partial charge in [-0.25, -0.2) is 0 Å². The Morgan fingerprint density at radius 2 is 1.88 bits per heavy atom. The van der Waals surface area contributed by atoms with Crippen molar-refractivity contribution in [1.29, 1.82) is 0 Å². The van der Waals surface area contributed by atoms with E-state index in [-0.39, 0.29) is 5.78 Å². The molecule has 1 aliphatic carbocycles. The van der Waals surface area contributed by atoms with Gasteiger partial charge in [0, 0.05) is 37.0 Å². The summed E-state index contributed by atoms with van der Waals surface area (Å²) in [5.74, 6) is 1.01. The number of hydrogen-bond acceptors (Lipinski definition) is 3. The van der Waals surface area contributed by atoms with Crippen LogP contribution in [0.5, 0.6) is 0 Å². The molecule has 0 amide bonds. The molecule has 128 valence electrons. The molecule has 0 radical (unpaired) electrons. The van der Waals surface area contributed by atoms with Crippen LogP contribution in [0, 0.1) is 5.92 Å². The molecule has 0 fully saturated rings. The van der Waals surface area contributed by atoms with Gasteiger partial charge in [0.2, 0.25) is 0 Å². The third kappa shape index (κ3) is 2.74. The van der Waals surface area contributed by atoms with Crippen molar-refractivity contribution in [3.05, 3.63) is 71.3 Å². The van der Waals surface area contributed by atoms with Crippen molar-refractivity contribution in [2.24, 2.45) is 5.92 Å². The maximum absolute atomic E-state index is 11.8. The molecule has 4 rings (SSSR count). The lowest BCUT2D eigenvalue weighted by Gasteiger charge is -2.37. The van der Waals surface area contributed by atoms with Crippen LogP contribution in [0.3, 0.4) is 0 Å². The van der Waals surface area contributed by atoms with E-state index in [4.69, 9.17) is 0 Å². The highest BCUT2D eigenvalue weighted by atomic mass is 16.1. The highest BCUT2D eigenvalue weighted by Crippen LogP contribution is 2.50. The zero-order valence-electron chi connectivity index (χ0n) is 15.0. The number of Topliss-reactive ketones (excluding diaryl/α,β-unsaturated/α-hetero) is 1. The number of nitrogens with zero attached hydrogens (tertiary/aromatic N) is 1. The molecule has 0 saturated heterocycles. The summed E-state index contributed by atoms with van der Waals surface area (Å²) in [6.07, 6.45) is 5.67. The molecule has 3 nitrogen and oxygen atoms in total. The number of nitrogens with one attached hydrogen (secondary N) is 1. The number of hydrogen-bond donors (Lipinski definition) is 1. The quantitative estimate of drug-likeness (QED) is 0.648. The predicted octanol–water partition coefficient (Wildman–Crippen LogP) is 4.78. The van der Waals surface area contributed by atoms with E-state index in [1.165, 1.54) is 16.8 Å². The number of anilines is 2. The van der Waals surface area contributed by atoms with Crippen molar-refractivity contribution in [3.8, 4) is 0 Å². The first-order valence-corrected chi connectivity index (χ1v) is 8.90. The van der Waals surface area contributed by atoms with E-state index in [9.17, 15) is 4.79 Å². The summed E-state index contributed by atoms with van der Waals surface area (Å²) in [6.45, 7) is 1.63. The van der Waals surface area contributed by atoms with E-state index in [2.05, 4.69) is 72.9 Å². The van der Waals surface area contributed by atoms with Crippen LogP contribution in [0.1, 0.15) is 46.8 Å². The Morgan fingerprint density at radius 3 is 2.56 bits per heavy atom. The molecule has 0 saturated carbocycles. The lowest BCUT2D eigenvalue weighted by molar-refractivity contribution is 0.101. The van der Waals surface area contributed by atoms with Gasteiger partial charge in [-0.1, -0.05) is 24.3 Å². The topological polar surface area (TPSA) is 32.3 Å². The molecule has 3 atom stereocenters. The average Bonchev–Trinajstić information content (AvgIpc) is 3.10. The van der Waals surface area contributed by atoms with Crippen LogP contribution in [-0.4, -0.2) is 19.9 Å². The number of carbonyl (C=O) groups excluding carboxylic acids is 1. The molecule has 0 aromatic heterocycles. The fourth-order valence-electron chi connectivity index (χ4n) is 4.12. The van der Waals surface area contributed by atoms with Gasteiger partial charge in [0.15, 0.2) is 5.78 Å². The van der Waals surface area contributed by atoms with Gasteiger partial charge in [-0.3, -0.25) is 4.79 Å². The first-order valence-electron chi connectivity index (χ1n) is 8.90. The number of carbonyl (C=O) groups is 1. The normalized spacial score (nSPS) is 23.6. The zero-order valence-corrected chi connectivity index (χ0v) is 15.0. The van der Waals surface area contributed by atoms with E-state index in [1.807, 2.05) is 6.07 Å². The van der Waals surface area contributed by atoms with Crippen molar-refractivity contribution >= 4 is 17.2 Å². The van der Waals surface area contributed by atoms with Gasteiger partial charge in [-0.15, -0.1) is 0 Å². The molecular formula is C22H24N2O.